The molecule has 1 aromatic heterocycles. The molecule has 112 valence electrons. The molecular formula is C16H21N3O2. The SMILES string of the molecule is COCCNC(=O)CNCc1ccc2nc(C)ccc2c1. The number of ether oxygens (including phenoxy) is 1. The molecular weight excluding hydrogens is 266 g/mol. The molecule has 0 saturated heterocycles. The van der Waals surface area contributed by atoms with E-state index in [2.05, 4.69) is 27.8 Å². The highest BCUT2D eigenvalue weighted by Gasteiger charge is 2.01. The molecule has 2 rings (SSSR count). The molecule has 0 aliphatic heterocycles. The Morgan fingerprint density at radius 2 is 2.14 bits per heavy atom. The van der Waals surface area contributed by atoms with Crippen molar-refractivity contribution >= 4 is 16.8 Å². The van der Waals surface area contributed by atoms with E-state index in [1.165, 1.54) is 0 Å². The number of nitrogens with one attached hydrogen (secondary N) is 2. The van der Waals surface area contributed by atoms with Crippen LogP contribution >= 0.6 is 0 Å². The van der Waals surface area contributed by atoms with Crippen molar-refractivity contribution in [1.82, 2.24) is 15.6 Å². The average molecular weight is 287 g/mol. The molecule has 0 atom stereocenters. The number of hydrogen-bond donors (Lipinski definition) is 2. The number of rotatable bonds is 7. The second-order valence-corrected chi connectivity index (χ2v) is 4.93. The molecule has 1 amide bonds. The van der Waals surface area contributed by atoms with Gasteiger partial charge in [0.15, 0.2) is 0 Å². The molecule has 5 heteroatoms. The van der Waals surface area contributed by atoms with Gasteiger partial charge in [-0.05, 0) is 30.7 Å². The molecule has 0 saturated carbocycles. The summed E-state index contributed by atoms with van der Waals surface area (Å²) in [4.78, 5) is 16.0. The zero-order valence-corrected chi connectivity index (χ0v) is 12.5. The van der Waals surface area contributed by atoms with Crippen molar-refractivity contribution in [2.45, 2.75) is 13.5 Å². The molecule has 0 spiro atoms. The lowest BCUT2D eigenvalue weighted by atomic mass is 10.1. The molecule has 0 fully saturated rings. The molecule has 1 aromatic carbocycles. The highest BCUT2D eigenvalue weighted by atomic mass is 16.5. The van der Waals surface area contributed by atoms with E-state index in [4.69, 9.17) is 4.74 Å². The number of carbonyl (C=O) groups excluding carboxylic acids is 1. The summed E-state index contributed by atoms with van der Waals surface area (Å²) in [6, 6.07) is 10.2. The van der Waals surface area contributed by atoms with Crippen LogP contribution in [0.5, 0.6) is 0 Å². The van der Waals surface area contributed by atoms with Gasteiger partial charge in [0.25, 0.3) is 0 Å². The maximum atomic E-state index is 11.5. The molecule has 0 bridgehead atoms. The number of aromatic nitrogens is 1. The summed E-state index contributed by atoms with van der Waals surface area (Å²) >= 11 is 0. The van der Waals surface area contributed by atoms with E-state index in [1.54, 1.807) is 7.11 Å². The van der Waals surface area contributed by atoms with Crippen molar-refractivity contribution in [2.24, 2.45) is 0 Å². The van der Waals surface area contributed by atoms with E-state index in [-0.39, 0.29) is 5.91 Å². The summed E-state index contributed by atoms with van der Waals surface area (Å²) in [7, 11) is 1.61. The molecule has 5 nitrogen and oxygen atoms in total. The third kappa shape index (κ3) is 4.81. The van der Waals surface area contributed by atoms with E-state index in [0.717, 1.165) is 22.2 Å². The van der Waals surface area contributed by atoms with Gasteiger partial charge in [0.05, 0.1) is 18.7 Å². The lowest BCUT2D eigenvalue weighted by Gasteiger charge is -2.07. The molecule has 0 unspecified atom stereocenters. The largest absolute Gasteiger partial charge is 0.383 e. The van der Waals surface area contributed by atoms with Crippen LogP contribution in [0.3, 0.4) is 0 Å². The highest BCUT2D eigenvalue weighted by molar-refractivity contribution is 5.79. The Morgan fingerprint density at radius 3 is 2.95 bits per heavy atom. The van der Waals surface area contributed by atoms with Gasteiger partial charge in [0, 0.05) is 31.3 Å². The fraction of sp³-hybridized carbons (Fsp3) is 0.375. The molecule has 1 heterocycles. The summed E-state index contributed by atoms with van der Waals surface area (Å²) < 4.78 is 4.87. The van der Waals surface area contributed by atoms with Gasteiger partial charge in [-0.25, -0.2) is 0 Å². The van der Waals surface area contributed by atoms with Crippen LogP contribution in [-0.4, -0.2) is 37.7 Å². The Hall–Kier alpha value is -1.98. The Morgan fingerprint density at radius 1 is 1.29 bits per heavy atom. The number of benzene rings is 1. The summed E-state index contributed by atoms with van der Waals surface area (Å²) in [5.41, 5.74) is 3.15. The first-order valence-electron chi connectivity index (χ1n) is 7.01. The van der Waals surface area contributed by atoms with E-state index >= 15 is 0 Å². The van der Waals surface area contributed by atoms with Crippen molar-refractivity contribution in [3.8, 4) is 0 Å². The molecule has 0 aliphatic rings. The van der Waals surface area contributed by atoms with Crippen LogP contribution in [0.1, 0.15) is 11.3 Å². The molecule has 21 heavy (non-hydrogen) atoms. The minimum Gasteiger partial charge on any atom is -0.383 e. The van der Waals surface area contributed by atoms with Crippen LogP contribution < -0.4 is 10.6 Å². The second kappa shape index (κ2) is 7.71. The maximum Gasteiger partial charge on any atom is 0.234 e. The number of methoxy groups -OCH3 is 1. The number of fused-ring (bicyclic) bond motifs is 1. The summed E-state index contributed by atoms with van der Waals surface area (Å²) in [5.74, 6) is -0.0230. The number of carbonyl (C=O) groups is 1. The molecule has 2 N–H and O–H groups in total. The normalized spacial score (nSPS) is 10.8. The fourth-order valence-corrected chi connectivity index (χ4v) is 2.06. The van der Waals surface area contributed by atoms with Crippen molar-refractivity contribution in [1.29, 1.82) is 0 Å². The first kappa shape index (κ1) is 15.4. The zero-order chi connectivity index (χ0) is 15.1. The van der Waals surface area contributed by atoms with E-state index in [1.807, 2.05) is 25.1 Å². The van der Waals surface area contributed by atoms with E-state index < -0.39 is 0 Å². The van der Waals surface area contributed by atoms with Gasteiger partial charge in [0.1, 0.15) is 0 Å². The van der Waals surface area contributed by atoms with Crippen LogP contribution in [0, 0.1) is 6.92 Å². The van der Waals surface area contributed by atoms with Gasteiger partial charge in [-0.2, -0.15) is 0 Å². The smallest absolute Gasteiger partial charge is 0.234 e. The monoisotopic (exact) mass is 287 g/mol. The maximum absolute atomic E-state index is 11.5. The third-order valence-corrected chi connectivity index (χ3v) is 3.14. The Kier molecular flexibility index (Phi) is 5.66. The van der Waals surface area contributed by atoms with Crippen molar-refractivity contribution in [3.05, 3.63) is 41.6 Å². The van der Waals surface area contributed by atoms with Crippen LogP contribution in [-0.2, 0) is 16.1 Å². The lowest BCUT2D eigenvalue weighted by molar-refractivity contribution is -0.120. The minimum atomic E-state index is -0.0230. The number of pyridine rings is 1. The summed E-state index contributed by atoms with van der Waals surface area (Å²) in [6.45, 7) is 4.01. The summed E-state index contributed by atoms with van der Waals surface area (Å²) in [6.07, 6.45) is 0. The molecule has 0 radical (unpaired) electrons. The number of amides is 1. The average Bonchev–Trinajstić information content (AvgIpc) is 2.47. The van der Waals surface area contributed by atoms with Gasteiger partial charge in [-0.1, -0.05) is 12.1 Å². The van der Waals surface area contributed by atoms with Crippen LogP contribution in [0.2, 0.25) is 0 Å². The molecule has 2 aromatic rings. The second-order valence-electron chi connectivity index (χ2n) is 4.93. The van der Waals surface area contributed by atoms with Crippen molar-refractivity contribution < 1.29 is 9.53 Å². The molecule has 0 aliphatic carbocycles. The predicted molar refractivity (Wildman–Crippen MR) is 83.1 cm³/mol. The first-order chi connectivity index (χ1) is 10.2. The number of aryl methyl sites for hydroxylation is 1. The van der Waals surface area contributed by atoms with Gasteiger partial charge < -0.3 is 15.4 Å². The zero-order valence-electron chi connectivity index (χ0n) is 12.5. The van der Waals surface area contributed by atoms with Gasteiger partial charge in [0.2, 0.25) is 5.91 Å². The topological polar surface area (TPSA) is 63.2 Å². The number of nitrogens with zero attached hydrogens (tertiary/aromatic N) is 1. The third-order valence-electron chi connectivity index (χ3n) is 3.14. The minimum absolute atomic E-state index is 0.0230. The fourth-order valence-electron chi connectivity index (χ4n) is 2.06. The Bertz CT molecular complexity index is 613. The first-order valence-corrected chi connectivity index (χ1v) is 7.01. The lowest BCUT2D eigenvalue weighted by Crippen LogP contribution is -2.35. The number of hydrogen-bond acceptors (Lipinski definition) is 4. The predicted octanol–water partition coefficient (Wildman–Crippen LogP) is 1.40. The van der Waals surface area contributed by atoms with Gasteiger partial charge in [-0.3, -0.25) is 9.78 Å². The van der Waals surface area contributed by atoms with Gasteiger partial charge in [-0.15, -0.1) is 0 Å². The Labute approximate surface area is 124 Å². The van der Waals surface area contributed by atoms with Crippen molar-refractivity contribution in [3.63, 3.8) is 0 Å². The van der Waals surface area contributed by atoms with E-state index in [0.29, 0.717) is 26.2 Å². The quantitative estimate of drug-likeness (QED) is 0.756. The van der Waals surface area contributed by atoms with E-state index in [9.17, 15) is 4.79 Å². The van der Waals surface area contributed by atoms with Crippen molar-refractivity contribution in [2.75, 3.05) is 26.8 Å². The highest BCUT2D eigenvalue weighted by Crippen LogP contribution is 2.14. The van der Waals surface area contributed by atoms with Gasteiger partial charge >= 0.3 is 0 Å². The summed E-state index contributed by atoms with van der Waals surface area (Å²) in [5, 5.41) is 7.02. The van der Waals surface area contributed by atoms with Crippen LogP contribution in [0.4, 0.5) is 0 Å². The van der Waals surface area contributed by atoms with Crippen LogP contribution in [0.15, 0.2) is 30.3 Å². The van der Waals surface area contributed by atoms with Crippen LogP contribution in [0.25, 0.3) is 10.9 Å². The Balaban J connectivity index is 1.83. The standard InChI is InChI=1S/C16H21N3O2/c1-12-3-5-14-9-13(4-6-15(14)19-12)10-17-11-16(20)18-7-8-21-2/h3-6,9,17H,7-8,10-11H2,1-2H3,(H,18,20).